The van der Waals surface area contributed by atoms with E-state index in [4.69, 9.17) is 4.74 Å². The van der Waals surface area contributed by atoms with Gasteiger partial charge in [0.05, 0.1) is 6.10 Å². The van der Waals surface area contributed by atoms with Crippen LogP contribution < -0.4 is 21.2 Å². The van der Waals surface area contributed by atoms with Crippen molar-refractivity contribution in [3.63, 3.8) is 0 Å². The highest BCUT2D eigenvalue weighted by molar-refractivity contribution is 7.78. The zero-order chi connectivity index (χ0) is 22.1. The van der Waals surface area contributed by atoms with Crippen molar-refractivity contribution in [3.8, 4) is 0 Å². The Morgan fingerprint density at radius 1 is 0.576 bits per heavy atom. The van der Waals surface area contributed by atoms with Crippen LogP contribution in [0.5, 0.6) is 0 Å². The molecule has 3 heteroatoms. The molecule has 6 rings (SSSR count). The molecule has 1 saturated heterocycles. The smallest absolute Gasteiger partial charge is 0.121 e. The van der Waals surface area contributed by atoms with E-state index in [1.54, 1.807) is 0 Å². The molecule has 4 aromatic carbocycles. The number of ether oxygens (including phenoxy) is 1. The Morgan fingerprint density at radius 3 is 1.42 bits per heavy atom. The molecule has 0 unspecified atom stereocenters. The predicted octanol–water partition coefficient (Wildman–Crippen LogP) is 5.68. The Bertz CT molecular complexity index is 1150. The minimum Gasteiger partial charge on any atom is -0.358 e. The molecule has 33 heavy (non-hydrogen) atoms. The minimum absolute atomic E-state index is 0.199. The monoisotopic (exact) mass is 464 g/mol. The van der Waals surface area contributed by atoms with Gasteiger partial charge in [-0.3, -0.25) is 0 Å². The first-order valence-electron chi connectivity index (χ1n) is 11.5. The van der Waals surface area contributed by atoms with E-state index in [0.29, 0.717) is 5.66 Å². The normalized spacial score (nSPS) is 23.5. The lowest BCUT2D eigenvalue weighted by Crippen LogP contribution is -2.42. The third-order valence-corrected chi connectivity index (χ3v) is 12.6. The first-order valence-corrected chi connectivity index (χ1v) is 14.3. The molecular weight excluding hydrogens is 438 g/mol. The SMILES string of the molecule is C1=C[C@]2(P(c3ccccc3)c3ccccc3)O[C@H]1C[C@@H]2P(c1ccccc1)c1ccccc1. The van der Waals surface area contributed by atoms with Crippen LogP contribution >= 0.6 is 15.8 Å². The molecule has 0 spiro atoms. The van der Waals surface area contributed by atoms with Gasteiger partial charge in [0.25, 0.3) is 0 Å². The summed E-state index contributed by atoms with van der Waals surface area (Å²) in [6.45, 7) is 0. The number of hydrogen-bond acceptors (Lipinski definition) is 1. The number of benzene rings is 4. The lowest BCUT2D eigenvalue weighted by atomic mass is 10.1. The van der Waals surface area contributed by atoms with Gasteiger partial charge in [0.15, 0.2) is 0 Å². The molecule has 0 N–H and O–H groups in total. The molecule has 0 radical (unpaired) electrons. The predicted molar refractivity (Wildman–Crippen MR) is 143 cm³/mol. The standard InChI is InChI=1S/C30H26OP2/c1-5-13-25(14-6-1)32(26-15-7-2-8-16-26)29-23-24-21-22-30(29,31-24)33(27-17-9-3-10-18-27)28-19-11-4-12-20-28/h1-22,24,29H,23H2/t24-,29+,30-/m1/s1. The maximum atomic E-state index is 7.00. The molecule has 2 aliphatic rings. The van der Waals surface area contributed by atoms with E-state index in [0.717, 1.165) is 6.42 Å². The Hall–Kier alpha value is -2.56. The second kappa shape index (κ2) is 9.00. The van der Waals surface area contributed by atoms with Crippen LogP contribution in [0.1, 0.15) is 6.42 Å². The number of rotatable bonds is 6. The van der Waals surface area contributed by atoms with Gasteiger partial charge in [-0.25, -0.2) is 0 Å². The summed E-state index contributed by atoms with van der Waals surface area (Å²) in [6, 6.07) is 44.3. The van der Waals surface area contributed by atoms with Gasteiger partial charge in [0.1, 0.15) is 5.34 Å². The Labute approximate surface area is 198 Å². The van der Waals surface area contributed by atoms with Crippen molar-refractivity contribution in [2.45, 2.75) is 23.5 Å². The van der Waals surface area contributed by atoms with Crippen LogP contribution in [0.2, 0.25) is 0 Å². The van der Waals surface area contributed by atoms with E-state index in [1.807, 2.05) is 0 Å². The molecule has 3 atom stereocenters. The number of hydrogen-bond donors (Lipinski definition) is 0. The molecule has 1 fully saturated rings. The van der Waals surface area contributed by atoms with Gasteiger partial charge in [-0.2, -0.15) is 0 Å². The van der Waals surface area contributed by atoms with Crippen molar-refractivity contribution >= 4 is 37.1 Å². The zero-order valence-electron chi connectivity index (χ0n) is 18.4. The third kappa shape index (κ3) is 3.79. The van der Waals surface area contributed by atoms with Crippen molar-refractivity contribution < 1.29 is 4.74 Å². The van der Waals surface area contributed by atoms with Gasteiger partial charge in [0, 0.05) is 5.66 Å². The largest absolute Gasteiger partial charge is 0.358 e. The second-order valence-electron chi connectivity index (χ2n) is 8.57. The minimum atomic E-state index is -0.740. The zero-order valence-corrected chi connectivity index (χ0v) is 20.2. The van der Waals surface area contributed by atoms with Crippen LogP contribution in [0.25, 0.3) is 0 Å². The maximum Gasteiger partial charge on any atom is 0.121 e. The van der Waals surface area contributed by atoms with Crippen molar-refractivity contribution in [1.29, 1.82) is 0 Å². The van der Waals surface area contributed by atoms with Crippen molar-refractivity contribution in [1.82, 2.24) is 0 Å². The molecule has 0 aliphatic carbocycles. The van der Waals surface area contributed by atoms with Crippen LogP contribution in [0.15, 0.2) is 133 Å². The Kier molecular flexibility index (Phi) is 5.73. The Balaban J connectivity index is 1.54. The lowest BCUT2D eigenvalue weighted by Gasteiger charge is -2.42. The molecule has 2 aliphatic heterocycles. The molecule has 2 bridgehead atoms. The van der Waals surface area contributed by atoms with Gasteiger partial charge in [-0.05, 0) is 49.6 Å². The van der Waals surface area contributed by atoms with Gasteiger partial charge in [-0.1, -0.05) is 127 Å². The van der Waals surface area contributed by atoms with Gasteiger partial charge in [0.2, 0.25) is 0 Å². The second-order valence-corrected chi connectivity index (χ2v) is 13.4. The molecule has 0 saturated carbocycles. The lowest BCUT2D eigenvalue weighted by molar-refractivity contribution is 0.0956. The van der Waals surface area contributed by atoms with Gasteiger partial charge >= 0.3 is 0 Å². The summed E-state index contributed by atoms with van der Waals surface area (Å²) in [5, 5.41) is 5.33. The molecule has 0 aromatic heterocycles. The summed E-state index contributed by atoms with van der Waals surface area (Å²) in [5.41, 5.74) is 0.416. The van der Waals surface area contributed by atoms with Crippen LogP contribution in [-0.4, -0.2) is 17.1 Å². The van der Waals surface area contributed by atoms with Gasteiger partial charge in [-0.15, -0.1) is 0 Å². The van der Waals surface area contributed by atoms with Crippen molar-refractivity contribution in [2.24, 2.45) is 0 Å². The molecule has 2 heterocycles. The molecule has 1 nitrogen and oxygen atoms in total. The first kappa shape index (κ1) is 21.0. The van der Waals surface area contributed by atoms with Crippen LogP contribution in [0.4, 0.5) is 0 Å². The quantitative estimate of drug-likeness (QED) is 0.264. The Morgan fingerprint density at radius 2 is 1.00 bits per heavy atom. The molecule has 162 valence electrons. The summed E-state index contributed by atoms with van der Waals surface area (Å²) in [6.07, 6.45) is 6.02. The fraction of sp³-hybridized carbons (Fsp3) is 0.133. The van der Waals surface area contributed by atoms with Crippen LogP contribution in [0.3, 0.4) is 0 Å². The average molecular weight is 464 g/mol. The topological polar surface area (TPSA) is 9.23 Å². The fourth-order valence-electron chi connectivity index (χ4n) is 5.23. The maximum absolute atomic E-state index is 7.00. The molecular formula is C30H26OP2. The van der Waals surface area contributed by atoms with E-state index in [9.17, 15) is 0 Å². The van der Waals surface area contributed by atoms with Crippen molar-refractivity contribution in [2.75, 3.05) is 0 Å². The highest BCUT2D eigenvalue weighted by atomic mass is 31.1. The van der Waals surface area contributed by atoms with Crippen molar-refractivity contribution in [3.05, 3.63) is 133 Å². The third-order valence-electron chi connectivity index (χ3n) is 6.58. The van der Waals surface area contributed by atoms with Gasteiger partial charge < -0.3 is 4.74 Å². The summed E-state index contributed by atoms with van der Waals surface area (Å²) in [7, 11) is -1.33. The highest BCUT2D eigenvalue weighted by Crippen LogP contribution is 2.66. The summed E-state index contributed by atoms with van der Waals surface area (Å²) < 4.78 is 7.00. The first-order chi connectivity index (χ1) is 16.4. The fourth-order valence-corrected chi connectivity index (χ4v) is 11.8. The molecule has 0 amide bonds. The summed E-state index contributed by atoms with van der Waals surface area (Å²) >= 11 is 0. The summed E-state index contributed by atoms with van der Waals surface area (Å²) in [5.74, 6) is 0. The average Bonchev–Trinajstić information content (AvgIpc) is 3.46. The highest BCUT2D eigenvalue weighted by Gasteiger charge is 2.58. The van der Waals surface area contributed by atoms with E-state index < -0.39 is 15.8 Å². The van der Waals surface area contributed by atoms with E-state index in [1.165, 1.54) is 21.2 Å². The molecule has 4 aromatic rings. The van der Waals surface area contributed by atoms with E-state index in [2.05, 4.69) is 133 Å². The van der Waals surface area contributed by atoms with Crippen LogP contribution in [0, 0.1) is 0 Å². The van der Waals surface area contributed by atoms with E-state index in [-0.39, 0.29) is 11.4 Å². The summed E-state index contributed by atoms with van der Waals surface area (Å²) in [4.78, 5) is 0. The number of fused-ring (bicyclic) bond motifs is 2. The van der Waals surface area contributed by atoms with E-state index >= 15 is 0 Å². The van der Waals surface area contributed by atoms with Crippen LogP contribution in [-0.2, 0) is 4.74 Å².